The Morgan fingerprint density at radius 3 is 3.18 bits per heavy atom. The normalized spacial score (nSPS) is 33.1. The van der Waals surface area contributed by atoms with Crippen LogP contribution in [0.2, 0.25) is 0 Å². The standard InChI is InChI=1S/C13H23NO2S/c1-2-5-14-9-12(15)11-3-6-16-13(8-11)4-7-17-10-13/h11,14H,2-10H2,1H3. The molecule has 17 heavy (non-hydrogen) atoms. The Labute approximate surface area is 108 Å². The Morgan fingerprint density at radius 2 is 2.47 bits per heavy atom. The number of ether oxygens (including phenoxy) is 1. The van der Waals surface area contributed by atoms with Crippen molar-refractivity contribution >= 4 is 17.5 Å². The average Bonchev–Trinajstić information content (AvgIpc) is 2.77. The van der Waals surface area contributed by atoms with Gasteiger partial charge in [-0.3, -0.25) is 4.79 Å². The second-order valence-electron chi connectivity index (χ2n) is 5.17. The van der Waals surface area contributed by atoms with Gasteiger partial charge in [0.25, 0.3) is 0 Å². The third kappa shape index (κ3) is 3.46. The third-order valence-corrected chi connectivity index (χ3v) is 4.96. The lowest BCUT2D eigenvalue weighted by molar-refractivity contribution is -0.133. The first-order valence-electron chi connectivity index (χ1n) is 6.71. The summed E-state index contributed by atoms with van der Waals surface area (Å²) in [6.45, 7) is 4.37. The molecule has 1 N–H and O–H groups in total. The van der Waals surface area contributed by atoms with Crippen LogP contribution in [0.5, 0.6) is 0 Å². The van der Waals surface area contributed by atoms with Gasteiger partial charge in [-0.15, -0.1) is 0 Å². The van der Waals surface area contributed by atoms with E-state index in [-0.39, 0.29) is 11.5 Å². The highest BCUT2D eigenvalue weighted by Crippen LogP contribution is 2.40. The summed E-state index contributed by atoms with van der Waals surface area (Å²) in [6.07, 6.45) is 4.08. The Bertz CT molecular complexity index is 264. The number of hydrogen-bond donors (Lipinski definition) is 1. The Balaban J connectivity index is 1.82. The van der Waals surface area contributed by atoms with E-state index in [2.05, 4.69) is 12.2 Å². The molecule has 0 aromatic carbocycles. The molecular weight excluding hydrogens is 234 g/mol. The lowest BCUT2D eigenvalue weighted by Crippen LogP contribution is -2.43. The molecule has 0 amide bonds. The number of thioether (sulfide) groups is 1. The van der Waals surface area contributed by atoms with Crippen molar-refractivity contribution in [2.45, 2.75) is 38.2 Å². The molecule has 0 aromatic rings. The predicted molar refractivity (Wildman–Crippen MR) is 71.5 cm³/mol. The van der Waals surface area contributed by atoms with Crippen molar-refractivity contribution in [2.75, 3.05) is 31.2 Å². The largest absolute Gasteiger partial charge is 0.374 e. The summed E-state index contributed by atoms with van der Waals surface area (Å²) in [6, 6.07) is 0. The molecule has 2 aliphatic rings. The van der Waals surface area contributed by atoms with Gasteiger partial charge in [0.15, 0.2) is 0 Å². The summed E-state index contributed by atoms with van der Waals surface area (Å²) in [4.78, 5) is 12.1. The minimum atomic E-state index is 0.0357. The average molecular weight is 257 g/mol. The molecule has 2 saturated heterocycles. The zero-order valence-electron chi connectivity index (χ0n) is 10.7. The van der Waals surface area contributed by atoms with Gasteiger partial charge in [0.05, 0.1) is 12.1 Å². The predicted octanol–water partition coefficient (Wildman–Crippen LogP) is 1.86. The first kappa shape index (κ1) is 13.4. The monoisotopic (exact) mass is 257 g/mol. The van der Waals surface area contributed by atoms with Gasteiger partial charge in [0, 0.05) is 18.3 Å². The molecular formula is C13H23NO2S. The minimum absolute atomic E-state index is 0.0357. The van der Waals surface area contributed by atoms with E-state index in [4.69, 9.17) is 4.74 Å². The van der Waals surface area contributed by atoms with Crippen LogP contribution in [-0.4, -0.2) is 42.6 Å². The van der Waals surface area contributed by atoms with Crippen LogP contribution in [0.4, 0.5) is 0 Å². The molecule has 2 unspecified atom stereocenters. The molecule has 0 radical (unpaired) electrons. The smallest absolute Gasteiger partial charge is 0.149 e. The van der Waals surface area contributed by atoms with E-state index in [0.717, 1.165) is 44.6 Å². The van der Waals surface area contributed by atoms with Crippen molar-refractivity contribution in [2.24, 2.45) is 5.92 Å². The van der Waals surface area contributed by atoms with E-state index in [1.165, 1.54) is 5.75 Å². The maximum atomic E-state index is 12.1. The van der Waals surface area contributed by atoms with E-state index in [1.807, 2.05) is 11.8 Å². The molecule has 2 rings (SSSR count). The maximum Gasteiger partial charge on any atom is 0.149 e. The molecule has 2 heterocycles. The number of carbonyl (C=O) groups is 1. The molecule has 0 aliphatic carbocycles. The lowest BCUT2D eigenvalue weighted by atomic mass is 9.83. The highest BCUT2D eigenvalue weighted by molar-refractivity contribution is 7.99. The van der Waals surface area contributed by atoms with Crippen LogP contribution < -0.4 is 5.32 Å². The van der Waals surface area contributed by atoms with Gasteiger partial charge in [0.2, 0.25) is 0 Å². The fraction of sp³-hybridized carbons (Fsp3) is 0.923. The van der Waals surface area contributed by atoms with Crippen LogP contribution in [-0.2, 0) is 9.53 Å². The number of Topliss-reactive ketones (excluding diaryl/α,β-unsaturated/α-hetero) is 1. The van der Waals surface area contributed by atoms with E-state index >= 15 is 0 Å². The SMILES string of the molecule is CCCNCC(=O)C1CCOC2(CCSC2)C1. The van der Waals surface area contributed by atoms with Gasteiger partial charge < -0.3 is 10.1 Å². The van der Waals surface area contributed by atoms with Crippen LogP contribution in [0.1, 0.15) is 32.6 Å². The second kappa shape index (κ2) is 6.21. The number of ketones is 1. The fourth-order valence-electron chi connectivity index (χ4n) is 2.70. The zero-order valence-corrected chi connectivity index (χ0v) is 11.5. The maximum absolute atomic E-state index is 12.1. The summed E-state index contributed by atoms with van der Waals surface area (Å²) < 4.78 is 5.94. The van der Waals surface area contributed by atoms with E-state index in [9.17, 15) is 4.79 Å². The zero-order chi connectivity index (χ0) is 12.1. The van der Waals surface area contributed by atoms with E-state index < -0.39 is 0 Å². The Kier molecular flexibility index (Phi) is 4.88. The summed E-state index contributed by atoms with van der Waals surface area (Å²) in [5, 5.41) is 3.22. The Morgan fingerprint density at radius 1 is 1.59 bits per heavy atom. The van der Waals surface area contributed by atoms with Crippen molar-refractivity contribution in [3.63, 3.8) is 0 Å². The molecule has 0 bridgehead atoms. The topological polar surface area (TPSA) is 38.3 Å². The molecule has 2 atom stereocenters. The van der Waals surface area contributed by atoms with Crippen molar-refractivity contribution in [3.8, 4) is 0 Å². The molecule has 1 spiro atoms. The van der Waals surface area contributed by atoms with Crippen LogP contribution in [0.15, 0.2) is 0 Å². The molecule has 4 heteroatoms. The Hall–Kier alpha value is -0.0600. The minimum Gasteiger partial charge on any atom is -0.374 e. The first-order valence-corrected chi connectivity index (χ1v) is 7.86. The number of rotatable bonds is 5. The number of nitrogens with one attached hydrogen (secondary N) is 1. The van der Waals surface area contributed by atoms with Gasteiger partial charge in [0.1, 0.15) is 5.78 Å². The fourth-order valence-corrected chi connectivity index (χ4v) is 4.08. The van der Waals surface area contributed by atoms with Gasteiger partial charge in [-0.2, -0.15) is 11.8 Å². The lowest BCUT2D eigenvalue weighted by Gasteiger charge is -2.37. The van der Waals surface area contributed by atoms with Crippen molar-refractivity contribution < 1.29 is 9.53 Å². The van der Waals surface area contributed by atoms with Gasteiger partial charge in [-0.1, -0.05) is 6.92 Å². The molecule has 0 aromatic heterocycles. The quantitative estimate of drug-likeness (QED) is 0.763. The first-order chi connectivity index (χ1) is 8.26. The van der Waals surface area contributed by atoms with E-state index in [0.29, 0.717) is 12.3 Å². The number of hydrogen-bond acceptors (Lipinski definition) is 4. The van der Waals surface area contributed by atoms with Gasteiger partial charge in [-0.25, -0.2) is 0 Å². The molecule has 2 aliphatic heterocycles. The second-order valence-corrected chi connectivity index (χ2v) is 6.27. The highest BCUT2D eigenvalue weighted by atomic mass is 32.2. The summed E-state index contributed by atoms with van der Waals surface area (Å²) in [7, 11) is 0. The van der Waals surface area contributed by atoms with Crippen molar-refractivity contribution in [1.29, 1.82) is 0 Å². The van der Waals surface area contributed by atoms with Crippen LogP contribution >= 0.6 is 11.8 Å². The summed E-state index contributed by atoms with van der Waals surface area (Å²) in [5.74, 6) is 2.89. The van der Waals surface area contributed by atoms with Crippen molar-refractivity contribution in [1.82, 2.24) is 5.32 Å². The highest BCUT2D eigenvalue weighted by Gasteiger charge is 2.42. The molecule has 98 valence electrons. The van der Waals surface area contributed by atoms with Crippen molar-refractivity contribution in [3.05, 3.63) is 0 Å². The summed E-state index contributed by atoms with van der Waals surface area (Å²) in [5.41, 5.74) is 0.0357. The van der Waals surface area contributed by atoms with Crippen LogP contribution in [0.3, 0.4) is 0 Å². The van der Waals surface area contributed by atoms with Crippen LogP contribution in [0, 0.1) is 5.92 Å². The summed E-state index contributed by atoms with van der Waals surface area (Å²) >= 11 is 1.96. The molecule has 0 saturated carbocycles. The van der Waals surface area contributed by atoms with Gasteiger partial charge in [-0.05, 0) is 38.0 Å². The molecule has 2 fully saturated rings. The van der Waals surface area contributed by atoms with Gasteiger partial charge >= 0.3 is 0 Å². The third-order valence-electron chi connectivity index (χ3n) is 3.74. The van der Waals surface area contributed by atoms with E-state index in [1.54, 1.807) is 0 Å². The number of carbonyl (C=O) groups excluding carboxylic acids is 1. The molecule has 3 nitrogen and oxygen atoms in total. The van der Waals surface area contributed by atoms with Crippen LogP contribution in [0.25, 0.3) is 0 Å².